The fourth-order valence-electron chi connectivity index (χ4n) is 4.82. The molecule has 2 amide bonds. The van der Waals surface area contributed by atoms with Crippen molar-refractivity contribution in [2.45, 2.75) is 63.1 Å². The maximum absolute atomic E-state index is 12.9. The molecule has 4 nitrogen and oxygen atoms in total. The number of rotatable bonds is 2. The third kappa shape index (κ3) is 2.91. The molecule has 3 heterocycles. The molecule has 2 saturated heterocycles. The van der Waals surface area contributed by atoms with Gasteiger partial charge in [0.15, 0.2) is 0 Å². The van der Waals surface area contributed by atoms with Gasteiger partial charge < -0.3 is 10.2 Å². The van der Waals surface area contributed by atoms with Crippen molar-refractivity contribution >= 4 is 24.1 Å². The van der Waals surface area contributed by atoms with Crippen molar-refractivity contribution in [1.82, 2.24) is 10.2 Å². The molecule has 3 unspecified atom stereocenters. The number of halogens is 1. The summed E-state index contributed by atoms with van der Waals surface area (Å²) in [7, 11) is 2.24. The van der Waals surface area contributed by atoms with Gasteiger partial charge in [0.1, 0.15) is 0 Å². The molecule has 1 aromatic rings. The van der Waals surface area contributed by atoms with E-state index in [1.54, 1.807) is 0 Å². The Kier molecular flexibility index (Phi) is 5.07. The Morgan fingerprint density at radius 3 is 2.54 bits per heavy atom. The highest BCUT2D eigenvalue weighted by Crippen LogP contribution is 2.38. The third-order valence-electron chi connectivity index (χ3n) is 6.23. The first kappa shape index (κ1) is 17.6. The first-order valence-corrected chi connectivity index (χ1v) is 9.06. The summed E-state index contributed by atoms with van der Waals surface area (Å²) in [6.45, 7) is 3.03. The van der Waals surface area contributed by atoms with Crippen molar-refractivity contribution in [1.29, 1.82) is 0 Å². The molecule has 0 aliphatic carbocycles. The second-order valence-electron chi connectivity index (χ2n) is 7.44. The highest BCUT2D eigenvalue weighted by Gasteiger charge is 2.40. The van der Waals surface area contributed by atoms with Crippen molar-refractivity contribution in [3.63, 3.8) is 0 Å². The number of carbonyl (C=O) groups is 1. The lowest BCUT2D eigenvalue weighted by atomic mass is 9.98. The summed E-state index contributed by atoms with van der Waals surface area (Å²) < 4.78 is 0. The predicted octanol–water partition coefficient (Wildman–Crippen LogP) is 3.76. The van der Waals surface area contributed by atoms with Crippen LogP contribution < -0.4 is 10.2 Å². The van der Waals surface area contributed by atoms with Crippen molar-refractivity contribution in [2.75, 3.05) is 18.5 Å². The zero-order chi connectivity index (χ0) is 16.0. The molecule has 4 rings (SSSR count). The number of piperidine rings is 1. The first-order valence-electron chi connectivity index (χ1n) is 9.06. The molecule has 0 spiro atoms. The van der Waals surface area contributed by atoms with Gasteiger partial charge in [0.2, 0.25) is 0 Å². The Morgan fingerprint density at radius 2 is 1.88 bits per heavy atom. The maximum Gasteiger partial charge on any atom is 0.322 e. The molecule has 24 heavy (non-hydrogen) atoms. The Bertz CT molecular complexity index is 594. The molecule has 1 N–H and O–H groups in total. The molecule has 0 saturated carbocycles. The van der Waals surface area contributed by atoms with E-state index in [0.717, 1.165) is 31.5 Å². The van der Waals surface area contributed by atoms with Crippen LogP contribution >= 0.6 is 12.4 Å². The van der Waals surface area contributed by atoms with Gasteiger partial charge >= 0.3 is 6.03 Å². The molecule has 0 aromatic heterocycles. The molecule has 5 heteroatoms. The van der Waals surface area contributed by atoms with Gasteiger partial charge in [0.25, 0.3) is 0 Å². The standard InChI is InChI=1S/C19H27N3O.ClH/c1-3-13-12-22(18-7-5-4-6-17(13)18)19(23)20-14-10-15-8-9-16(11-14)21(15)2;/h4-7,13-16H,3,8-12H2,1-2H3,(H,20,23);1H. The van der Waals surface area contributed by atoms with Gasteiger partial charge in [0.05, 0.1) is 0 Å². The van der Waals surface area contributed by atoms with E-state index >= 15 is 0 Å². The van der Waals surface area contributed by atoms with Gasteiger partial charge in [-0.15, -0.1) is 12.4 Å². The van der Waals surface area contributed by atoms with Gasteiger partial charge in [-0.2, -0.15) is 0 Å². The number of hydrogen-bond acceptors (Lipinski definition) is 2. The topological polar surface area (TPSA) is 35.6 Å². The summed E-state index contributed by atoms with van der Waals surface area (Å²) in [6, 6.07) is 10.1. The maximum atomic E-state index is 12.9. The number of urea groups is 1. The Hall–Kier alpha value is -1.26. The van der Waals surface area contributed by atoms with Crippen LogP contribution in [-0.2, 0) is 0 Å². The molecular weight excluding hydrogens is 322 g/mol. The van der Waals surface area contributed by atoms with E-state index in [2.05, 4.69) is 42.4 Å². The SMILES string of the molecule is CCC1CN(C(=O)NC2CC3CCC(C2)N3C)c2ccccc21.Cl. The molecule has 1 aromatic carbocycles. The number of anilines is 1. The van der Waals surface area contributed by atoms with E-state index in [0.29, 0.717) is 24.0 Å². The predicted molar refractivity (Wildman–Crippen MR) is 100 cm³/mol. The van der Waals surface area contributed by atoms with Crippen LogP contribution in [0, 0.1) is 0 Å². The number of benzene rings is 1. The van der Waals surface area contributed by atoms with Crippen LogP contribution in [0.25, 0.3) is 0 Å². The lowest BCUT2D eigenvalue weighted by Crippen LogP contribution is -2.51. The van der Waals surface area contributed by atoms with Gasteiger partial charge in [0, 0.05) is 36.3 Å². The molecule has 3 atom stereocenters. The lowest BCUT2D eigenvalue weighted by Gasteiger charge is -2.37. The van der Waals surface area contributed by atoms with Crippen LogP contribution in [0.5, 0.6) is 0 Å². The van der Waals surface area contributed by atoms with Crippen molar-refractivity contribution in [2.24, 2.45) is 0 Å². The number of para-hydroxylation sites is 1. The molecule has 0 radical (unpaired) electrons. The monoisotopic (exact) mass is 349 g/mol. The van der Waals surface area contributed by atoms with Gasteiger partial charge in [-0.1, -0.05) is 25.1 Å². The lowest BCUT2D eigenvalue weighted by molar-refractivity contribution is 0.150. The van der Waals surface area contributed by atoms with E-state index in [9.17, 15) is 4.79 Å². The minimum absolute atomic E-state index is 0. The van der Waals surface area contributed by atoms with Gasteiger partial charge in [-0.05, 0) is 50.8 Å². The second-order valence-corrected chi connectivity index (χ2v) is 7.44. The third-order valence-corrected chi connectivity index (χ3v) is 6.23. The van der Waals surface area contributed by atoms with Crippen molar-refractivity contribution in [3.8, 4) is 0 Å². The number of nitrogens with zero attached hydrogens (tertiary/aromatic N) is 2. The molecule has 3 aliphatic rings. The van der Waals surface area contributed by atoms with E-state index < -0.39 is 0 Å². The quantitative estimate of drug-likeness (QED) is 0.882. The van der Waals surface area contributed by atoms with Gasteiger partial charge in [-0.3, -0.25) is 4.90 Å². The molecule has 2 fully saturated rings. The summed E-state index contributed by atoms with van der Waals surface area (Å²) in [5.74, 6) is 0.477. The highest BCUT2D eigenvalue weighted by atomic mass is 35.5. The van der Waals surface area contributed by atoms with Crippen LogP contribution in [0.4, 0.5) is 10.5 Å². The number of amides is 2. The van der Waals surface area contributed by atoms with Crippen LogP contribution in [-0.4, -0.2) is 42.6 Å². The zero-order valence-corrected chi connectivity index (χ0v) is 15.4. The Labute approximate surface area is 151 Å². The largest absolute Gasteiger partial charge is 0.335 e. The minimum Gasteiger partial charge on any atom is -0.335 e. The fourth-order valence-corrected chi connectivity index (χ4v) is 4.82. The molecular formula is C19H28ClN3O. The smallest absolute Gasteiger partial charge is 0.322 e. The van der Waals surface area contributed by atoms with E-state index in [1.807, 2.05) is 11.0 Å². The number of carbonyl (C=O) groups excluding carboxylic acids is 1. The van der Waals surface area contributed by atoms with E-state index in [1.165, 1.54) is 18.4 Å². The molecule has 2 bridgehead atoms. The van der Waals surface area contributed by atoms with E-state index in [4.69, 9.17) is 0 Å². The second kappa shape index (κ2) is 6.93. The average molecular weight is 350 g/mol. The number of nitrogens with one attached hydrogen (secondary N) is 1. The summed E-state index contributed by atoms with van der Waals surface area (Å²) in [5.41, 5.74) is 2.43. The molecule has 3 aliphatic heterocycles. The van der Waals surface area contributed by atoms with Crippen molar-refractivity contribution < 1.29 is 4.79 Å². The summed E-state index contributed by atoms with van der Waals surface area (Å²) >= 11 is 0. The number of hydrogen-bond donors (Lipinski definition) is 1. The highest BCUT2D eigenvalue weighted by molar-refractivity contribution is 5.94. The summed E-state index contributed by atoms with van der Waals surface area (Å²) in [5, 5.41) is 3.33. The van der Waals surface area contributed by atoms with Gasteiger partial charge in [-0.25, -0.2) is 4.79 Å². The van der Waals surface area contributed by atoms with E-state index in [-0.39, 0.29) is 18.4 Å². The minimum atomic E-state index is 0. The Balaban J connectivity index is 0.00000169. The van der Waals surface area contributed by atoms with Crippen molar-refractivity contribution in [3.05, 3.63) is 29.8 Å². The molecule has 132 valence electrons. The van der Waals surface area contributed by atoms with Crippen LogP contribution in [0.2, 0.25) is 0 Å². The number of fused-ring (bicyclic) bond motifs is 3. The van der Waals surface area contributed by atoms with Crippen LogP contribution in [0.15, 0.2) is 24.3 Å². The van der Waals surface area contributed by atoms with Crippen LogP contribution in [0.3, 0.4) is 0 Å². The fraction of sp³-hybridized carbons (Fsp3) is 0.632. The van der Waals surface area contributed by atoms with Crippen LogP contribution in [0.1, 0.15) is 50.5 Å². The summed E-state index contributed by atoms with van der Waals surface area (Å²) in [6.07, 6.45) is 5.87. The average Bonchev–Trinajstić information content (AvgIpc) is 3.01. The summed E-state index contributed by atoms with van der Waals surface area (Å²) in [4.78, 5) is 17.3. The zero-order valence-electron chi connectivity index (χ0n) is 14.6. The first-order chi connectivity index (χ1) is 11.2. The Morgan fingerprint density at radius 1 is 1.21 bits per heavy atom. The normalized spacial score (nSPS) is 31.5.